The van der Waals surface area contributed by atoms with E-state index in [-0.39, 0.29) is 4.87 Å². The molecule has 3 rings (SSSR count). The number of benzene rings is 2. The minimum absolute atomic E-state index is 0.280. The van der Waals surface area contributed by atoms with E-state index in [2.05, 4.69) is 36.4 Å². The van der Waals surface area contributed by atoms with Gasteiger partial charge >= 0.3 is 0 Å². The number of halogens is 1. The minimum Gasteiger partial charge on any atom is -0.108 e. The molecule has 1 heteroatoms. The van der Waals surface area contributed by atoms with Gasteiger partial charge in [-0.1, -0.05) is 54.6 Å². The summed E-state index contributed by atoms with van der Waals surface area (Å²) < 4.78 is 0. The van der Waals surface area contributed by atoms with Crippen LogP contribution in [0.15, 0.2) is 54.6 Å². The summed E-state index contributed by atoms with van der Waals surface area (Å²) in [5.41, 5.74) is 3.83. The first-order valence-corrected chi connectivity index (χ1v) is 5.51. The fourth-order valence-corrected chi connectivity index (χ4v) is 2.73. The van der Waals surface area contributed by atoms with Crippen molar-refractivity contribution in [2.24, 2.45) is 0 Å². The smallest absolute Gasteiger partial charge is 0.0987 e. The van der Waals surface area contributed by atoms with Gasteiger partial charge in [-0.3, -0.25) is 0 Å². The number of rotatable bonds is 1. The largest absolute Gasteiger partial charge is 0.108 e. The van der Waals surface area contributed by atoms with Gasteiger partial charge in [0.2, 0.25) is 0 Å². The van der Waals surface area contributed by atoms with Gasteiger partial charge in [-0.15, -0.1) is 11.6 Å². The Bertz CT molecular complexity index is 490. The minimum atomic E-state index is -0.280. The topological polar surface area (TPSA) is 0 Å². The molecule has 1 aliphatic carbocycles. The molecule has 2 aromatic carbocycles. The highest BCUT2D eigenvalue weighted by Gasteiger charge is 2.41. The average molecular weight is 215 g/mol. The Kier molecular flexibility index (Phi) is 1.86. The van der Waals surface area contributed by atoms with Crippen LogP contribution >= 0.6 is 11.6 Å². The monoisotopic (exact) mass is 214 g/mol. The molecule has 1 atom stereocenters. The van der Waals surface area contributed by atoms with Crippen molar-refractivity contribution in [3.63, 3.8) is 0 Å². The maximum Gasteiger partial charge on any atom is 0.0987 e. The molecular weight excluding hydrogens is 204 g/mol. The molecule has 0 heterocycles. The van der Waals surface area contributed by atoms with Gasteiger partial charge in [0, 0.05) is 6.42 Å². The molecule has 0 nitrogen and oxygen atoms in total. The standard InChI is InChI=1S/C14H11Cl/c15-14(12-7-2-1-3-8-12)10-11-6-4-5-9-13(11)14/h1-9H,10H2/t14-/m1/s1. The molecule has 15 heavy (non-hydrogen) atoms. The van der Waals surface area contributed by atoms with Crippen molar-refractivity contribution in [1.82, 2.24) is 0 Å². The van der Waals surface area contributed by atoms with Crippen molar-refractivity contribution in [2.75, 3.05) is 0 Å². The molecule has 0 saturated carbocycles. The molecule has 74 valence electrons. The molecule has 0 spiro atoms. The van der Waals surface area contributed by atoms with Crippen LogP contribution in [0.4, 0.5) is 0 Å². The van der Waals surface area contributed by atoms with E-state index in [1.165, 1.54) is 16.7 Å². The van der Waals surface area contributed by atoms with Crippen LogP contribution in [-0.4, -0.2) is 0 Å². The lowest BCUT2D eigenvalue weighted by Crippen LogP contribution is -2.34. The van der Waals surface area contributed by atoms with Crippen molar-refractivity contribution < 1.29 is 0 Å². The predicted octanol–water partition coefficient (Wildman–Crippen LogP) is 3.73. The second-order valence-corrected chi connectivity index (χ2v) is 4.65. The first-order valence-electron chi connectivity index (χ1n) is 5.13. The second kappa shape index (κ2) is 3.11. The summed E-state index contributed by atoms with van der Waals surface area (Å²) in [5, 5.41) is 0. The summed E-state index contributed by atoms with van der Waals surface area (Å²) >= 11 is 6.66. The van der Waals surface area contributed by atoms with E-state index in [1.54, 1.807) is 0 Å². The van der Waals surface area contributed by atoms with Gasteiger partial charge in [-0.2, -0.15) is 0 Å². The Balaban J connectivity index is 2.10. The fraction of sp³-hybridized carbons (Fsp3) is 0.143. The molecule has 0 amide bonds. The molecule has 0 aliphatic heterocycles. The lowest BCUT2D eigenvalue weighted by Gasteiger charge is -2.39. The molecular formula is C14H11Cl. The summed E-state index contributed by atoms with van der Waals surface area (Å²) in [4.78, 5) is -0.280. The Labute approximate surface area is 94.5 Å². The Morgan fingerprint density at radius 2 is 1.53 bits per heavy atom. The third-order valence-corrected chi connectivity index (χ3v) is 3.67. The SMILES string of the molecule is Cl[C@@]1(c2ccccc2)Cc2ccccc21. The van der Waals surface area contributed by atoms with Crippen LogP contribution in [0.1, 0.15) is 16.7 Å². The quantitative estimate of drug-likeness (QED) is 0.635. The third kappa shape index (κ3) is 1.22. The van der Waals surface area contributed by atoms with Gasteiger partial charge in [0.05, 0.1) is 4.87 Å². The summed E-state index contributed by atoms with van der Waals surface area (Å²) in [6.07, 6.45) is 0.939. The van der Waals surface area contributed by atoms with Crippen LogP contribution in [0.2, 0.25) is 0 Å². The van der Waals surface area contributed by atoms with Crippen LogP contribution < -0.4 is 0 Å². The zero-order valence-corrected chi connectivity index (χ0v) is 9.04. The summed E-state index contributed by atoms with van der Waals surface area (Å²) in [6, 6.07) is 18.7. The molecule has 0 N–H and O–H groups in total. The van der Waals surface area contributed by atoms with E-state index in [4.69, 9.17) is 11.6 Å². The second-order valence-electron chi connectivity index (χ2n) is 4.00. The highest BCUT2D eigenvalue weighted by atomic mass is 35.5. The predicted molar refractivity (Wildman–Crippen MR) is 63.2 cm³/mol. The van der Waals surface area contributed by atoms with E-state index in [0.29, 0.717) is 0 Å². The average Bonchev–Trinajstić information content (AvgIpc) is 2.29. The van der Waals surface area contributed by atoms with E-state index >= 15 is 0 Å². The van der Waals surface area contributed by atoms with Crippen molar-refractivity contribution in [3.05, 3.63) is 71.3 Å². The summed E-state index contributed by atoms with van der Waals surface area (Å²) in [7, 11) is 0. The first-order chi connectivity index (χ1) is 7.31. The normalized spacial score (nSPS) is 23.0. The van der Waals surface area contributed by atoms with E-state index < -0.39 is 0 Å². The van der Waals surface area contributed by atoms with Gasteiger partial charge in [-0.25, -0.2) is 0 Å². The van der Waals surface area contributed by atoms with Crippen molar-refractivity contribution in [2.45, 2.75) is 11.3 Å². The van der Waals surface area contributed by atoms with E-state index in [9.17, 15) is 0 Å². The molecule has 0 radical (unpaired) electrons. The lowest BCUT2D eigenvalue weighted by atomic mass is 9.73. The number of hydrogen-bond acceptors (Lipinski definition) is 0. The molecule has 0 fully saturated rings. The highest BCUT2D eigenvalue weighted by molar-refractivity contribution is 6.27. The molecule has 2 aromatic rings. The molecule has 0 aromatic heterocycles. The zero-order valence-electron chi connectivity index (χ0n) is 8.28. The molecule has 0 saturated heterocycles. The Morgan fingerprint density at radius 1 is 0.867 bits per heavy atom. The van der Waals surface area contributed by atoms with Gasteiger partial charge in [-0.05, 0) is 16.7 Å². The third-order valence-electron chi connectivity index (χ3n) is 3.11. The zero-order chi connectivity index (χ0) is 10.3. The van der Waals surface area contributed by atoms with Gasteiger partial charge < -0.3 is 0 Å². The maximum absolute atomic E-state index is 6.66. The van der Waals surface area contributed by atoms with Crippen LogP contribution in [0.25, 0.3) is 0 Å². The number of fused-ring (bicyclic) bond motifs is 1. The highest BCUT2D eigenvalue weighted by Crippen LogP contribution is 2.49. The summed E-state index contributed by atoms with van der Waals surface area (Å²) in [6.45, 7) is 0. The molecule has 0 unspecified atom stereocenters. The van der Waals surface area contributed by atoms with Crippen molar-refractivity contribution in [1.29, 1.82) is 0 Å². The first kappa shape index (κ1) is 8.99. The van der Waals surface area contributed by atoms with Crippen molar-refractivity contribution in [3.8, 4) is 0 Å². The van der Waals surface area contributed by atoms with Crippen LogP contribution in [0, 0.1) is 0 Å². The lowest BCUT2D eigenvalue weighted by molar-refractivity contribution is 0.631. The van der Waals surface area contributed by atoms with Crippen LogP contribution in [0.3, 0.4) is 0 Å². The maximum atomic E-state index is 6.66. The van der Waals surface area contributed by atoms with E-state index in [0.717, 1.165) is 6.42 Å². The van der Waals surface area contributed by atoms with Gasteiger partial charge in [0.1, 0.15) is 0 Å². The fourth-order valence-electron chi connectivity index (χ4n) is 2.27. The van der Waals surface area contributed by atoms with Crippen LogP contribution in [0.5, 0.6) is 0 Å². The van der Waals surface area contributed by atoms with Gasteiger partial charge in [0.25, 0.3) is 0 Å². The van der Waals surface area contributed by atoms with E-state index in [1.807, 2.05) is 18.2 Å². The van der Waals surface area contributed by atoms with Gasteiger partial charge in [0.15, 0.2) is 0 Å². The molecule has 0 bridgehead atoms. The number of alkyl halides is 1. The number of hydrogen-bond donors (Lipinski definition) is 0. The van der Waals surface area contributed by atoms with Crippen molar-refractivity contribution >= 4 is 11.6 Å². The Hall–Kier alpha value is -1.27. The summed E-state index contributed by atoms with van der Waals surface area (Å²) in [5.74, 6) is 0. The van der Waals surface area contributed by atoms with Crippen LogP contribution in [-0.2, 0) is 11.3 Å². The molecule has 1 aliphatic rings. The Morgan fingerprint density at radius 3 is 2.27 bits per heavy atom.